The molecule has 1 atom stereocenters. The topological polar surface area (TPSA) is 58.8 Å². The molecule has 2 aliphatic rings. The Bertz CT molecular complexity index is 683. The maximum Gasteiger partial charge on any atom is 0.223 e. The molecule has 0 radical (unpaired) electrons. The first kappa shape index (κ1) is 16.5. The van der Waals surface area contributed by atoms with Gasteiger partial charge in [-0.2, -0.15) is 0 Å². The lowest BCUT2D eigenvalue weighted by Gasteiger charge is -2.35. The second-order valence-electron chi connectivity index (χ2n) is 6.89. The van der Waals surface area contributed by atoms with Crippen LogP contribution in [0.5, 0.6) is 0 Å². The molecule has 2 aromatic rings. The van der Waals surface area contributed by atoms with Crippen LogP contribution in [0.1, 0.15) is 25.2 Å². The number of nitrogens with zero attached hydrogens (tertiary/aromatic N) is 3. The van der Waals surface area contributed by atoms with Crippen LogP contribution in [0.2, 0.25) is 0 Å². The molecule has 1 unspecified atom stereocenters. The highest BCUT2D eigenvalue weighted by atomic mass is 16.5. The molecule has 2 saturated heterocycles. The van der Waals surface area contributed by atoms with Gasteiger partial charge in [0.05, 0.1) is 6.10 Å². The number of fused-ring (bicyclic) bond motifs is 1. The molecule has 4 rings (SSSR count). The summed E-state index contributed by atoms with van der Waals surface area (Å²) in [6, 6.07) is 7.70. The third-order valence-electron chi connectivity index (χ3n) is 5.10. The van der Waals surface area contributed by atoms with Gasteiger partial charge < -0.3 is 14.1 Å². The zero-order valence-electron chi connectivity index (χ0n) is 14.5. The standard InChI is InChI=1S/C19H25N3O3/c23-19(8-7-18-20-16-5-1-2-6-17(16)25-18)22-11-9-21(10-12-22)14-15-4-3-13-24-15/h1-2,5-6,15H,3-4,7-14H2. The van der Waals surface area contributed by atoms with Crippen molar-refractivity contribution in [1.29, 1.82) is 0 Å². The summed E-state index contributed by atoms with van der Waals surface area (Å²) in [7, 11) is 0. The Labute approximate surface area is 147 Å². The van der Waals surface area contributed by atoms with E-state index in [0.717, 1.165) is 50.4 Å². The molecular formula is C19H25N3O3. The first-order valence-electron chi connectivity index (χ1n) is 9.24. The number of hydrogen-bond acceptors (Lipinski definition) is 5. The third-order valence-corrected chi connectivity index (χ3v) is 5.10. The van der Waals surface area contributed by atoms with Crippen LogP contribution in [0.4, 0.5) is 0 Å². The summed E-state index contributed by atoms with van der Waals surface area (Å²) in [6.07, 6.45) is 3.76. The Morgan fingerprint density at radius 3 is 2.80 bits per heavy atom. The van der Waals surface area contributed by atoms with E-state index < -0.39 is 0 Å². The minimum Gasteiger partial charge on any atom is -0.441 e. The van der Waals surface area contributed by atoms with Crippen LogP contribution >= 0.6 is 0 Å². The van der Waals surface area contributed by atoms with Gasteiger partial charge in [0.2, 0.25) is 5.91 Å². The normalized spacial score (nSPS) is 21.9. The fourth-order valence-corrected chi connectivity index (χ4v) is 3.66. The Morgan fingerprint density at radius 1 is 1.20 bits per heavy atom. The Balaban J connectivity index is 1.23. The SMILES string of the molecule is O=C(CCc1nc2ccccc2o1)N1CCN(CC2CCCO2)CC1. The van der Waals surface area contributed by atoms with Crippen LogP contribution in [-0.2, 0) is 16.0 Å². The van der Waals surface area contributed by atoms with Crippen LogP contribution < -0.4 is 0 Å². The van der Waals surface area contributed by atoms with Gasteiger partial charge >= 0.3 is 0 Å². The number of aryl methyl sites for hydroxylation is 1. The number of hydrogen-bond donors (Lipinski definition) is 0. The van der Waals surface area contributed by atoms with Crippen LogP contribution in [0.25, 0.3) is 11.1 Å². The summed E-state index contributed by atoms with van der Waals surface area (Å²) in [6.45, 7) is 5.39. The zero-order valence-corrected chi connectivity index (χ0v) is 14.5. The molecule has 134 valence electrons. The van der Waals surface area contributed by atoms with Gasteiger partial charge in [0.1, 0.15) is 5.52 Å². The van der Waals surface area contributed by atoms with Crippen molar-refractivity contribution in [1.82, 2.24) is 14.8 Å². The summed E-state index contributed by atoms with van der Waals surface area (Å²) >= 11 is 0. The minimum absolute atomic E-state index is 0.194. The van der Waals surface area contributed by atoms with Crippen molar-refractivity contribution in [2.24, 2.45) is 0 Å². The second-order valence-corrected chi connectivity index (χ2v) is 6.89. The van der Waals surface area contributed by atoms with Gasteiger partial charge in [0, 0.05) is 52.2 Å². The largest absolute Gasteiger partial charge is 0.441 e. The van der Waals surface area contributed by atoms with Crippen LogP contribution in [0.3, 0.4) is 0 Å². The molecule has 25 heavy (non-hydrogen) atoms. The number of oxazole rings is 1. The van der Waals surface area contributed by atoms with E-state index in [9.17, 15) is 4.79 Å². The van der Waals surface area contributed by atoms with Crippen LogP contribution in [-0.4, -0.2) is 66.1 Å². The van der Waals surface area contributed by atoms with Crippen molar-refractivity contribution in [2.75, 3.05) is 39.3 Å². The van der Waals surface area contributed by atoms with Crippen LogP contribution in [0.15, 0.2) is 28.7 Å². The molecule has 0 spiro atoms. The molecule has 1 aromatic heterocycles. The number of para-hydroxylation sites is 2. The predicted molar refractivity (Wildman–Crippen MR) is 94.3 cm³/mol. The predicted octanol–water partition coefficient (Wildman–Crippen LogP) is 2.08. The van der Waals surface area contributed by atoms with E-state index in [-0.39, 0.29) is 5.91 Å². The molecule has 1 amide bonds. The van der Waals surface area contributed by atoms with E-state index in [1.807, 2.05) is 29.2 Å². The van der Waals surface area contributed by atoms with E-state index in [2.05, 4.69) is 9.88 Å². The van der Waals surface area contributed by atoms with Gasteiger partial charge in [-0.25, -0.2) is 4.98 Å². The van der Waals surface area contributed by atoms with E-state index in [1.165, 1.54) is 12.8 Å². The molecule has 3 heterocycles. The highest BCUT2D eigenvalue weighted by Gasteiger charge is 2.24. The minimum atomic E-state index is 0.194. The van der Waals surface area contributed by atoms with Crippen molar-refractivity contribution >= 4 is 17.0 Å². The summed E-state index contributed by atoms with van der Waals surface area (Å²) < 4.78 is 11.4. The molecule has 1 aromatic carbocycles. The lowest BCUT2D eigenvalue weighted by atomic mass is 10.2. The number of benzene rings is 1. The molecule has 6 heteroatoms. The first-order chi connectivity index (χ1) is 12.3. The summed E-state index contributed by atoms with van der Waals surface area (Å²) in [4.78, 5) is 21.3. The highest BCUT2D eigenvalue weighted by Crippen LogP contribution is 2.17. The lowest BCUT2D eigenvalue weighted by Crippen LogP contribution is -2.50. The fraction of sp³-hybridized carbons (Fsp3) is 0.579. The van der Waals surface area contributed by atoms with Gasteiger partial charge in [0.25, 0.3) is 0 Å². The van der Waals surface area contributed by atoms with Gasteiger partial charge in [-0.3, -0.25) is 9.69 Å². The number of aromatic nitrogens is 1. The van der Waals surface area contributed by atoms with Gasteiger partial charge in [-0.15, -0.1) is 0 Å². The van der Waals surface area contributed by atoms with Crippen molar-refractivity contribution in [3.63, 3.8) is 0 Å². The zero-order chi connectivity index (χ0) is 17.1. The maximum atomic E-state index is 12.5. The quantitative estimate of drug-likeness (QED) is 0.832. The number of piperazine rings is 1. The molecule has 0 saturated carbocycles. The summed E-state index contributed by atoms with van der Waals surface area (Å²) in [5.74, 6) is 0.839. The van der Waals surface area contributed by atoms with E-state index in [0.29, 0.717) is 24.8 Å². The number of rotatable bonds is 5. The van der Waals surface area contributed by atoms with Gasteiger partial charge in [0.15, 0.2) is 11.5 Å². The van der Waals surface area contributed by atoms with E-state index >= 15 is 0 Å². The van der Waals surface area contributed by atoms with Crippen molar-refractivity contribution in [3.8, 4) is 0 Å². The molecule has 0 N–H and O–H groups in total. The maximum absolute atomic E-state index is 12.5. The first-order valence-corrected chi connectivity index (χ1v) is 9.24. The molecule has 6 nitrogen and oxygen atoms in total. The van der Waals surface area contributed by atoms with Crippen molar-refractivity contribution in [2.45, 2.75) is 31.8 Å². The number of carbonyl (C=O) groups is 1. The Kier molecular flexibility index (Phi) is 4.99. The monoisotopic (exact) mass is 343 g/mol. The van der Waals surface area contributed by atoms with E-state index in [4.69, 9.17) is 9.15 Å². The summed E-state index contributed by atoms with van der Waals surface area (Å²) in [5, 5.41) is 0. The molecule has 2 fully saturated rings. The van der Waals surface area contributed by atoms with Crippen LogP contribution in [0, 0.1) is 0 Å². The molecular weight excluding hydrogens is 318 g/mol. The number of carbonyl (C=O) groups excluding carboxylic acids is 1. The Hall–Kier alpha value is -1.92. The molecule has 0 aliphatic carbocycles. The summed E-state index contributed by atoms with van der Waals surface area (Å²) in [5.41, 5.74) is 1.64. The number of amides is 1. The third kappa shape index (κ3) is 4.02. The number of ether oxygens (including phenoxy) is 1. The lowest BCUT2D eigenvalue weighted by molar-refractivity contribution is -0.133. The van der Waals surface area contributed by atoms with Gasteiger partial charge in [-0.1, -0.05) is 12.1 Å². The highest BCUT2D eigenvalue weighted by molar-refractivity contribution is 5.77. The average molecular weight is 343 g/mol. The smallest absolute Gasteiger partial charge is 0.223 e. The molecule has 2 aliphatic heterocycles. The van der Waals surface area contributed by atoms with E-state index in [1.54, 1.807) is 0 Å². The van der Waals surface area contributed by atoms with Crippen molar-refractivity contribution < 1.29 is 13.9 Å². The molecule has 0 bridgehead atoms. The van der Waals surface area contributed by atoms with Crippen molar-refractivity contribution in [3.05, 3.63) is 30.2 Å². The van der Waals surface area contributed by atoms with Gasteiger partial charge in [-0.05, 0) is 25.0 Å². The average Bonchev–Trinajstić information content (AvgIpc) is 3.29. The second kappa shape index (κ2) is 7.54. The fourth-order valence-electron chi connectivity index (χ4n) is 3.66. The Morgan fingerprint density at radius 2 is 2.04 bits per heavy atom.